The van der Waals surface area contributed by atoms with Crippen LogP contribution >= 0.6 is 11.3 Å². The van der Waals surface area contributed by atoms with Gasteiger partial charge in [-0.1, -0.05) is 6.42 Å². The molecule has 6 heteroatoms. The normalized spacial score (nSPS) is 18.9. The van der Waals surface area contributed by atoms with E-state index < -0.39 is 5.97 Å². The first-order valence-electron chi connectivity index (χ1n) is 6.51. The lowest BCUT2D eigenvalue weighted by molar-refractivity contribution is -0.118. The Morgan fingerprint density at radius 1 is 1.53 bits per heavy atom. The number of thiophene rings is 1. The molecule has 5 nitrogen and oxygen atoms in total. The summed E-state index contributed by atoms with van der Waals surface area (Å²) in [5.74, 6) is -0.469. The quantitative estimate of drug-likeness (QED) is 0.829. The number of carbonyl (C=O) groups excluding carboxylic acids is 2. The zero-order chi connectivity index (χ0) is 13.7. The number of anilines is 1. The second-order valence-corrected chi connectivity index (χ2v) is 5.29. The third-order valence-electron chi connectivity index (χ3n) is 3.02. The molecule has 19 heavy (non-hydrogen) atoms. The van der Waals surface area contributed by atoms with E-state index in [1.54, 1.807) is 18.4 Å². The number of rotatable bonds is 4. The minimum absolute atomic E-state index is 0.0762. The van der Waals surface area contributed by atoms with Crippen LogP contribution in [0.3, 0.4) is 0 Å². The standard InChI is InChI=1S/C13H18N2O3S/c1-2-18-13(17)9-6-8-19-12(9)15-11(16)10-5-3-4-7-14-10/h6,8,10,14H,2-5,7H2,1H3,(H,15,16)/t10-/m0/s1. The Morgan fingerprint density at radius 2 is 2.37 bits per heavy atom. The second-order valence-electron chi connectivity index (χ2n) is 4.38. The number of piperidine rings is 1. The van der Waals surface area contributed by atoms with Crippen molar-refractivity contribution in [1.82, 2.24) is 5.32 Å². The van der Waals surface area contributed by atoms with Gasteiger partial charge in [0, 0.05) is 0 Å². The van der Waals surface area contributed by atoms with E-state index in [1.807, 2.05) is 0 Å². The van der Waals surface area contributed by atoms with Crippen LogP contribution in [0.4, 0.5) is 5.00 Å². The van der Waals surface area contributed by atoms with Gasteiger partial charge in [0.1, 0.15) is 5.00 Å². The lowest BCUT2D eigenvalue weighted by Crippen LogP contribution is -2.43. The summed E-state index contributed by atoms with van der Waals surface area (Å²) in [7, 11) is 0. The van der Waals surface area contributed by atoms with Crippen molar-refractivity contribution < 1.29 is 14.3 Å². The summed E-state index contributed by atoms with van der Waals surface area (Å²) in [5, 5.41) is 8.34. The highest BCUT2D eigenvalue weighted by Gasteiger charge is 2.23. The highest BCUT2D eigenvalue weighted by molar-refractivity contribution is 7.14. The summed E-state index contributed by atoms with van der Waals surface area (Å²) in [4.78, 5) is 23.8. The number of amides is 1. The van der Waals surface area contributed by atoms with Crippen molar-refractivity contribution >= 4 is 28.2 Å². The number of ether oxygens (including phenoxy) is 1. The van der Waals surface area contributed by atoms with Crippen LogP contribution in [0, 0.1) is 0 Å². The van der Waals surface area contributed by atoms with E-state index in [0.717, 1.165) is 25.8 Å². The molecule has 1 aromatic heterocycles. The molecular formula is C13H18N2O3S. The van der Waals surface area contributed by atoms with Gasteiger partial charge in [0.05, 0.1) is 18.2 Å². The summed E-state index contributed by atoms with van der Waals surface area (Å²) in [6.45, 7) is 2.95. The fourth-order valence-electron chi connectivity index (χ4n) is 2.05. The van der Waals surface area contributed by atoms with Crippen LogP contribution in [0.25, 0.3) is 0 Å². The predicted octanol–water partition coefficient (Wildman–Crippen LogP) is 2.01. The number of nitrogens with one attached hydrogen (secondary N) is 2. The van der Waals surface area contributed by atoms with Gasteiger partial charge in [-0.2, -0.15) is 0 Å². The summed E-state index contributed by atoms with van der Waals surface area (Å²) in [5.41, 5.74) is 0.427. The molecule has 0 radical (unpaired) electrons. The third kappa shape index (κ3) is 3.54. The lowest BCUT2D eigenvalue weighted by atomic mass is 10.0. The first-order chi connectivity index (χ1) is 9.22. The Labute approximate surface area is 116 Å². The van der Waals surface area contributed by atoms with Gasteiger partial charge in [0.15, 0.2) is 0 Å². The largest absolute Gasteiger partial charge is 0.462 e. The molecule has 1 saturated heterocycles. The molecule has 2 N–H and O–H groups in total. The summed E-state index contributed by atoms with van der Waals surface area (Å²) in [6.07, 6.45) is 3.00. The molecule has 1 atom stereocenters. The van der Waals surface area contributed by atoms with Crippen LogP contribution in [0.5, 0.6) is 0 Å². The van der Waals surface area contributed by atoms with Crippen LogP contribution in [-0.4, -0.2) is 31.1 Å². The van der Waals surface area contributed by atoms with E-state index in [4.69, 9.17) is 4.74 Å². The maximum atomic E-state index is 12.1. The number of carbonyl (C=O) groups is 2. The lowest BCUT2D eigenvalue weighted by Gasteiger charge is -2.22. The van der Waals surface area contributed by atoms with E-state index in [2.05, 4.69) is 10.6 Å². The maximum Gasteiger partial charge on any atom is 0.341 e. The molecule has 1 aromatic rings. The van der Waals surface area contributed by atoms with Crippen LogP contribution in [0.1, 0.15) is 36.5 Å². The molecule has 104 valence electrons. The van der Waals surface area contributed by atoms with Crippen molar-refractivity contribution in [3.8, 4) is 0 Å². The van der Waals surface area contributed by atoms with Gasteiger partial charge < -0.3 is 15.4 Å². The zero-order valence-corrected chi connectivity index (χ0v) is 11.7. The van der Waals surface area contributed by atoms with Crippen LogP contribution in [0.2, 0.25) is 0 Å². The zero-order valence-electron chi connectivity index (χ0n) is 10.9. The van der Waals surface area contributed by atoms with Crippen LogP contribution in [0.15, 0.2) is 11.4 Å². The number of hydrogen-bond acceptors (Lipinski definition) is 5. The van der Waals surface area contributed by atoms with Crippen molar-refractivity contribution in [1.29, 1.82) is 0 Å². The topological polar surface area (TPSA) is 67.4 Å². The molecular weight excluding hydrogens is 264 g/mol. The molecule has 0 spiro atoms. The minimum atomic E-state index is -0.393. The first kappa shape index (κ1) is 14.0. The third-order valence-corrected chi connectivity index (χ3v) is 3.85. The Bertz CT molecular complexity index is 452. The predicted molar refractivity (Wildman–Crippen MR) is 74.5 cm³/mol. The molecule has 1 amide bonds. The average Bonchev–Trinajstić information content (AvgIpc) is 2.88. The van der Waals surface area contributed by atoms with Crippen molar-refractivity contribution in [3.05, 3.63) is 17.0 Å². The van der Waals surface area contributed by atoms with E-state index in [1.165, 1.54) is 11.3 Å². The Kier molecular flexibility index (Phi) is 4.93. The molecule has 1 fully saturated rings. The molecule has 0 aromatic carbocycles. The number of hydrogen-bond donors (Lipinski definition) is 2. The summed E-state index contributed by atoms with van der Waals surface area (Å²) in [6, 6.07) is 1.51. The molecule has 0 unspecified atom stereocenters. The van der Waals surface area contributed by atoms with E-state index >= 15 is 0 Å². The van der Waals surface area contributed by atoms with Gasteiger partial charge >= 0.3 is 5.97 Å². The van der Waals surface area contributed by atoms with Gasteiger partial charge in [-0.15, -0.1) is 11.3 Å². The van der Waals surface area contributed by atoms with E-state index in [0.29, 0.717) is 17.2 Å². The van der Waals surface area contributed by atoms with Crippen LogP contribution in [-0.2, 0) is 9.53 Å². The Morgan fingerprint density at radius 3 is 3.05 bits per heavy atom. The minimum Gasteiger partial charge on any atom is -0.462 e. The second kappa shape index (κ2) is 6.68. The van der Waals surface area contributed by atoms with Gasteiger partial charge in [-0.25, -0.2) is 4.79 Å². The fraction of sp³-hybridized carbons (Fsp3) is 0.538. The Hall–Kier alpha value is -1.40. The molecule has 0 aliphatic carbocycles. The SMILES string of the molecule is CCOC(=O)c1ccsc1NC(=O)[C@@H]1CCCCN1. The molecule has 2 rings (SSSR count). The maximum absolute atomic E-state index is 12.1. The first-order valence-corrected chi connectivity index (χ1v) is 7.39. The smallest absolute Gasteiger partial charge is 0.341 e. The van der Waals surface area contributed by atoms with Gasteiger partial charge in [0.25, 0.3) is 0 Å². The highest BCUT2D eigenvalue weighted by atomic mass is 32.1. The van der Waals surface area contributed by atoms with Gasteiger partial charge in [0.2, 0.25) is 5.91 Å². The van der Waals surface area contributed by atoms with Crippen molar-refractivity contribution in [2.45, 2.75) is 32.2 Å². The fourth-order valence-corrected chi connectivity index (χ4v) is 2.83. The molecule has 2 heterocycles. The van der Waals surface area contributed by atoms with Gasteiger partial charge in [-0.05, 0) is 37.8 Å². The number of esters is 1. The molecule has 0 saturated carbocycles. The van der Waals surface area contributed by atoms with Crippen molar-refractivity contribution in [2.24, 2.45) is 0 Å². The monoisotopic (exact) mass is 282 g/mol. The van der Waals surface area contributed by atoms with Gasteiger partial charge in [-0.3, -0.25) is 4.79 Å². The average molecular weight is 282 g/mol. The molecule has 1 aliphatic heterocycles. The summed E-state index contributed by atoms with van der Waals surface area (Å²) < 4.78 is 4.95. The van der Waals surface area contributed by atoms with E-state index in [-0.39, 0.29) is 11.9 Å². The summed E-state index contributed by atoms with van der Waals surface area (Å²) >= 11 is 1.34. The van der Waals surface area contributed by atoms with Crippen LogP contribution < -0.4 is 10.6 Å². The molecule has 0 bridgehead atoms. The van der Waals surface area contributed by atoms with E-state index in [9.17, 15) is 9.59 Å². The highest BCUT2D eigenvalue weighted by Crippen LogP contribution is 2.24. The van der Waals surface area contributed by atoms with Crippen molar-refractivity contribution in [3.63, 3.8) is 0 Å². The molecule has 1 aliphatic rings. The van der Waals surface area contributed by atoms with Crippen molar-refractivity contribution in [2.75, 3.05) is 18.5 Å². The Balaban J connectivity index is 2.00.